The summed E-state index contributed by atoms with van der Waals surface area (Å²) in [5.74, 6) is 1.88. The van der Waals surface area contributed by atoms with Crippen molar-refractivity contribution < 1.29 is 14.3 Å². The molecule has 1 N–H and O–H groups in total. The number of hydrogen-bond acceptors (Lipinski definition) is 3. The maximum absolute atomic E-state index is 11.7. The van der Waals surface area contributed by atoms with E-state index in [-0.39, 0.29) is 17.9 Å². The fourth-order valence-corrected chi connectivity index (χ4v) is 2.11. The van der Waals surface area contributed by atoms with E-state index < -0.39 is 6.09 Å². The lowest BCUT2D eigenvalue weighted by molar-refractivity contribution is 0.143. The van der Waals surface area contributed by atoms with Crippen LogP contribution in [-0.4, -0.2) is 18.6 Å². The van der Waals surface area contributed by atoms with Gasteiger partial charge in [-0.1, -0.05) is 44.2 Å². The van der Waals surface area contributed by atoms with Crippen LogP contribution < -0.4 is 5.32 Å². The van der Waals surface area contributed by atoms with Gasteiger partial charge in [0, 0.05) is 12.0 Å². The molecule has 1 rings (SSSR count). The van der Waals surface area contributed by atoms with Gasteiger partial charge in [-0.25, -0.2) is 9.59 Å². The number of carbonyl (C=O) groups excluding carboxylic acids is 2. The zero-order valence-electron chi connectivity index (χ0n) is 12.1. The van der Waals surface area contributed by atoms with Gasteiger partial charge >= 0.3 is 6.09 Å². The Bertz CT molecular complexity index is 464. The van der Waals surface area contributed by atoms with Crippen molar-refractivity contribution in [3.63, 3.8) is 0 Å². The monoisotopic (exact) mass is 275 g/mol. The Balaban J connectivity index is 3.05. The van der Waals surface area contributed by atoms with Crippen molar-refractivity contribution in [3.8, 4) is 0 Å². The third-order valence-electron chi connectivity index (χ3n) is 3.12. The summed E-state index contributed by atoms with van der Waals surface area (Å²) in [6.07, 6.45) is 0.987. The van der Waals surface area contributed by atoms with Crippen molar-refractivity contribution in [3.05, 3.63) is 42.0 Å². The number of hydrogen-bond donors (Lipinski definition) is 1. The Morgan fingerprint density at radius 1 is 1.35 bits per heavy atom. The SMILES string of the molecule is CCOC(=O)N[C@H](c1ccccc1)[C@H](C=C=O)C(C)C. The van der Waals surface area contributed by atoms with Gasteiger partial charge in [-0.3, -0.25) is 0 Å². The second-order valence-corrected chi connectivity index (χ2v) is 4.86. The van der Waals surface area contributed by atoms with Gasteiger partial charge < -0.3 is 10.1 Å². The van der Waals surface area contributed by atoms with Gasteiger partial charge in [-0.05, 0) is 18.4 Å². The zero-order chi connectivity index (χ0) is 15.0. The Kier molecular flexibility index (Phi) is 6.54. The van der Waals surface area contributed by atoms with Crippen LogP contribution in [0.5, 0.6) is 0 Å². The smallest absolute Gasteiger partial charge is 0.407 e. The van der Waals surface area contributed by atoms with Crippen LogP contribution in [0.15, 0.2) is 36.4 Å². The minimum atomic E-state index is -0.480. The van der Waals surface area contributed by atoms with E-state index in [1.165, 1.54) is 6.08 Å². The third kappa shape index (κ3) is 4.56. The maximum atomic E-state index is 11.7. The standard InChI is InChI=1S/C16H21NO3/c1-4-20-16(19)17-15(13-8-6-5-7-9-13)14(10-11-18)12(2)3/h5-10,12,14-15H,4H2,1-3H3,(H,17,19)/t14-,15-/m1/s1. The van der Waals surface area contributed by atoms with Crippen LogP contribution in [-0.2, 0) is 9.53 Å². The predicted octanol–water partition coefficient (Wildman–Crippen LogP) is 3.13. The first-order valence-corrected chi connectivity index (χ1v) is 6.79. The molecule has 0 aliphatic carbocycles. The number of amides is 1. The van der Waals surface area contributed by atoms with Gasteiger partial charge in [-0.2, -0.15) is 0 Å². The maximum Gasteiger partial charge on any atom is 0.407 e. The summed E-state index contributed by atoms with van der Waals surface area (Å²) < 4.78 is 4.94. The van der Waals surface area contributed by atoms with Gasteiger partial charge in [-0.15, -0.1) is 0 Å². The molecule has 1 aromatic rings. The van der Waals surface area contributed by atoms with Crippen LogP contribution in [0.2, 0.25) is 0 Å². The first-order chi connectivity index (χ1) is 9.60. The van der Waals surface area contributed by atoms with Crippen molar-refractivity contribution in [2.24, 2.45) is 11.8 Å². The van der Waals surface area contributed by atoms with Crippen molar-refractivity contribution in [2.45, 2.75) is 26.8 Å². The molecule has 4 nitrogen and oxygen atoms in total. The summed E-state index contributed by atoms with van der Waals surface area (Å²) in [5, 5.41) is 2.83. The van der Waals surface area contributed by atoms with Crippen LogP contribution in [0, 0.1) is 11.8 Å². The summed E-state index contributed by atoms with van der Waals surface area (Å²) in [6, 6.07) is 9.24. The first-order valence-electron chi connectivity index (χ1n) is 6.79. The molecule has 0 saturated heterocycles. The lowest BCUT2D eigenvalue weighted by Crippen LogP contribution is -2.35. The molecule has 0 heterocycles. The molecular weight excluding hydrogens is 254 g/mol. The molecule has 0 aromatic heterocycles. The second-order valence-electron chi connectivity index (χ2n) is 4.86. The minimum absolute atomic E-state index is 0.140. The van der Waals surface area contributed by atoms with E-state index in [2.05, 4.69) is 5.32 Å². The molecule has 0 aliphatic rings. The normalized spacial score (nSPS) is 13.2. The molecule has 0 unspecified atom stereocenters. The molecule has 0 saturated carbocycles. The molecule has 108 valence electrons. The molecule has 0 aliphatic heterocycles. The van der Waals surface area contributed by atoms with Crippen LogP contribution >= 0.6 is 0 Å². The number of alkyl carbamates (subject to hydrolysis) is 1. The summed E-state index contributed by atoms with van der Waals surface area (Å²) in [6.45, 7) is 6.06. The number of rotatable bonds is 6. The van der Waals surface area contributed by atoms with E-state index >= 15 is 0 Å². The van der Waals surface area contributed by atoms with E-state index in [0.717, 1.165) is 5.56 Å². The molecule has 20 heavy (non-hydrogen) atoms. The summed E-state index contributed by atoms with van der Waals surface area (Å²) in [7, 11) is 0. The van der Waals surface area contributed by atoms with Crippen molar-refractivity contribution in [1.29, 1.82) is 0 Å². The lowest BCUT2D eigenvalue weighted by Gasteiger charge is -2.28. The number of nitrogens with one attached hydrogen (secondary N) is 1. The summed E-state index contributed by atoms with van der Waals surface area (Å²) >= 11 is 0. The first kappa shape index (κ1) is 16.0. The average molecular weight is 275 g/mol. The molecule has 2 atom stereocenters. The minimum Gasteiger partial charge on any atom is -0.450 e. The highest BCUT2D eigenvalue weighted by Crippen LogP contribution is 2.28. The van der Waals surface area contributed by atoms with E-state index in [1.54, 1.807) is 6.92 Å². The average Bonchev–Trinajstić information content (AvgIpc) is 2.43. The van der Waals surface area contributed by atoms with E-state index in [4.69, 9.17) is 4.74 Å². The van der Waals surface area contributed by atoms with E-state index in [0.29, 0.717) is 6.61 Å². The molecule has 0 bridgehead atoms. The Hall–Kier alpha value is -2.06. The third-order valence-corrected chi connectivity index (χ3v) is 3.12. The molecule has 0 fully saturated rings. The van der Waals surface area contributed by atoms with Crippen LogP contribution in [0.4, 0.5) is 4.79 Å². The zero-order valence-corrected chi connectivity index (χ0v) is 12.1. The van der Waals surface area contributed by atoms with Crippen molar-refractivity contribution in [1.82, 2.24) is 5.32 Å². The number of ether oxygens (including phenoxy) is 1. The largest absolute Gasteiger partial charge is 0.450 e. The Labute approximate surface area is 119 Å². The van der Waals surface area contributed by atoms with E-state index in [9.17, 15) is 9.59 Å². The highest BCUT2D eigenvalue weighted by Gasteiger charge is 2.26. The van der Waals surface area contributed by atoms with Crippen molar-refractivity contribution >= 4 is 12.0 Å². The van der Waals surface area contributed by atoms with Gasteiger partial charge in [0.2, 0.25) is 0 Å². The molecule has 1 aromatic carbocycles. The van der Waals surface area contributed by atoms with Gasteiger partial charge in [0.15, 0.2) is 0 Å². The Morgan fingerprint density at radius 3 is 2.50 bits per heavy atom. The highest BCUT2D eigenvalue weighted by molar-refractivity contribution is 5.68. The highest BCUT2D eigenvalue weighted by atomic mass is 16.5. The molecule has 4 heteroatoms. The van der Waals surface area contributed by atoms with Gasteiger partial charge in [0.25, 0.3) is 0 Å². The lowest BCUT2D eigenvalue weighted by atomic mass is 9.84. The van der Waals surface area contributed by atoms with Crippen LogP contribution in [0.3, 0.4) is 0 Å². The Morgan fingerprint density at radius 2 is 2.00 bits per heavy atom. The fourth-order valence-electron chi connectivity index (χ4n) is 2.11. The summed E-state index contributed by atoms with van der Waals surface area (Å²) in [4.78, 5) is 22.5. The van der Waals surface area contributed by atoms with E-state index in [1.807, 2.05) is 50.1 Å². The molecule has 1 amide bonds. The number of benzene rings is 1. The topological polar surface area (TPSA) is 55.4 Å². The van der Waals surface area contributed by atoms with Gasteiger partial charge in [0.05, 0.1) is 12.6 Å². The molecular formula is C16H21NO3. The summed E-state index contributed by atoms with van der Waals surface area (Å²) in [5.41, 5.74) is 0.936. The van der Waals surface area contributed by atoms with Gasteiger partial charge in [0.1, 0.15) is 5.94 Å². The second kappa shape index (κ2) is 8.18. The number of carbonyl (C=O) groups is 1. The fraction of sp³-hybridized carbons (Fsp3) is 0.438. The van der Waals surface area contributed by atoms with Crippen LogP contribution in [0.25, 0.3) is 0 Å². The van der Waals surface area contributed by atoms with Crippen LogP contribution in [0.1, 0.15) is 32.4 Å². The predicted molar refractivity (Wildman–Crippen MR) is 77.9 cm³/mol. The van der Waals surface area contributed by atoms with Crippen molar-refractivity contribution in [2.75, 3.05) is 6.61 Å². The molecule has 0 radical (unpaired) electrons. The molecule has 0 spiro atoms. The quantitative estimate of drug-likeness (QED) is 0.811.